The van der Waals surface area contributed by atoms with Gasteiger partial charge in [0.15, 0.2) is 0 Å². The minimum atomic E-state index is 0.424. The Morgan fingerprint density at radius 2 is 1.76 bits per heavy atom. The second kappa shape index (κ2) is 6.60. The Kier molecular flexibility index (Phi) is 4.95. The van der Waals surface area contributed by atoms with E-state index in [0.717, 1.165) is 23.7 Å². The Morgan fingerprint density at radius 1 is 1.08 bits per heavy atom. The van der Waals surface area contributed by atoms with Crippen molar-refractivity contribution in [3.63, 3.8) is 0 Å². The van der Waals surface area contributed by atoms with Crippen molar-refractivity contribution in [3.05, 3.63) is 48.1 Å². The highest BCUT2D eigenvalue weighted by molar-refractivity contribution is 5.41. The fraction of sp³-hybridized carbons (Fsp3) is 0.680. The summed E-state index contributed by atoms with van der Waals surface area (Å²) in [6.07, 6.45) is 15.8. The van der Waals surface area contributed by atoms with Crippen LogP contribution < -0.4 is 0 Å². The van der Waals surface area contributed by atoms with Crippen molar-refractivity contribution in [2.75, 3.05) is 0 Å². The van der Waals surface area contributed by atoms with Crippen LogP contribution in [-0.4, -0.2) is 0 Å². The molecule has 4 aliphatic rings. The molecule has 4 aliphatic carbocycles. The van der Waals surface area contributed by atoms with E-state index < -0.39 is 0 Å². The smallest absolute Gasteiger partial charge is 0.00382 e. The number of rotatable bonds is 0. The molecule has 138 valence electrons. The molecule has 0 aromatic rings. The summed E-state index contributed by atoms with van der Waals surface area (Å²) in [5, 5.41) is 0. The standard InChI is InChI=1S/C21H30.C4H8/c1-14-9-11-21(4)16(13-14)6-7-17-18-8-5-15(2)20(18,3)12-10-19(17)21;1-4(2)3/h6-7,13,15,17-19H,1,5,8-12H2,2-4H3;1H2,2-3H3. The Morgan fingerprint density at radius 3 is 2.44 bits per heavy atom. The first kappa shape index (κ1) is 18.7. The fourth-order valence-corrected chi connectivity index (χ4v) is 6.34. The minimum Gasteiger partial charge on any atom is -0.100 e. The first-order valence-electron chi connectivity index (χ1n) is 10.4. The molecule has 0 N–H and O–H groups in total. The van der Waals surface area contributed by atoms with Crippen molar-refractivity contribution in [2.24, 2.45) is 34.5 Å². The van der Waals surface area contributed by atoms with E-state index in [-0.39, 0.29) is 0 Å². The van der Waals surface area contributed by atoms with E-state index in [9.17, 15) is 0 Å². The van der Waals surface area contributed by atoms with Crippen LogP contribution in [0.5, 0.6) is 0 Å². The highest BCUT2D eigenvalue weighted by atomic mass is 14.6. The van der Waals surface area contributed by atoms with Gasteiger partial charge in [-0.05, 0) is 92.4 Å². The van der Waals surface area contributed by atoms with Crippen molar-refractivity contribution in [2.45, 2.75) is 73.1 Å². The van der Waals surface area contributed by atoms with Gasteiger partial charge in [0.1, 0.15) is 0 Å². The van der Waals surface area contributed by atoms with Gasteiger partial charge in [-0.3, -0.25) is 0 Å². The maximum Gasteiger partial charge on any atom is -0.00382 e. The Hall–Kier alpha value is -1.04. The molecular formula is C25H38. The van der Waals surface area contributed by atoms with Crippen LogP contribution in [-0.2, 0) is 0 Å². The summed E-state index contributed by atoms with van der Waals surface area (Å²) in [6, 6.07) is 0. The first-order chi connectivity index (χ1) is 11.7. The molecule has 6 atom stereocenters. The van der Waals surface area contributed by atoms with Gasteiger partial charge < -0.3 is 0 Å². The van der Waals surface area contributed by atoms with E-state index in [1.165, 1.54) is 49.7 Å². The molecule has 2 saturated carbocycles. The zero-order valence-corrected chi connectivity index (χ0v) is 17.2. The maximum atomic E-state index is 4.20. The van der Waals surface area contributed by atoms with Gasteiger partial charge in [-0.2, -0.15) is 0 Å². The number of allylic oxidation sites excluding steroid dienone is 6. The molecule has 0 aliphatic heterocycles. The lowest BCUT2D eigenvalue weighted by atomic mass is 9.48. The van der Waals surface area contributed by atoms with Crippen LogP contribution in [0.1, 0.15) is 73.1 Å². The van der Waals surface area contributed by atoms with Gasteiger partial charge in [0.2, 0.25) is 0 Å². The Labute approximate surface area is 156 Å². The Balaban J connectivity index is 0.000000415. The summed E-state index contributed by atoms with van der Waals surface area (Å²) < 4.78 is 0. The predicted octanol–water partition coefficient (Wildman–Crippen LogP) is 7.50. The molecule has 0 heteroatoms. The molecule has 0 spiro atoms. The normalized spacial score (nSPS) is 44.7. The average molecular weight is 339 g/mol. The Bertz CT molecular complexity index is 614. The summed E-state index contributed by atoms with van der Waals surface area (Å²) in [7, 11) is 0. The summed E-state index contributed by atoms with van der Waals surface area (Å²) in [6.45, 7) is 19.4. The zero-order chi connectivity index (χ0) is 18.4. The third kappa shape index (κ3) is 3.11. The van der Waals surface area contributed by atoms with Crippen molar-refractivity contribution in [3.8, 4) is 0 Å². The zero-order valence-electron chi connectivity index (χ0n) is 17.2. The van der Waals surface area contributed by atoms with Gasteiger partial charge >= 0.3 is 0 Å². The molecule has 0 heterocycles. The third-order valence-corrected chi connectivity index (χ3v) is 8.11. The molecular weight excluding hydrogens is 300 g/mol. The largest absolute Gasteiger partial charge is 0.100 e. The quantitative estimate of drug-likeness (QED) is 0.401. The SMILES string of the molecule is C=C(C)C.C=C1C=C2C=CC3C(CCC4(C)C(C)CCC34)C2(C)CC1. The molecule has 0 bridgehead atoms. The lowest BCUT2D eigenvalue weighted by Gasteiger charge is -2.56. The number of fused-ring (bicyclic) bond motifs is 5. The highest BCUT2D eigenvalue weighted by Gasteiger charge is 2.56. The van der Waals surface area contributed by atoms with Crippen LogP contribution in [0.4, 0.5) is 0 Å². The van der Waals surface area contributed by atoms with Crippen LogP contribution in [0.15, 0.2) is 48.1 Å². The predicted molar refractivity (Wildman–Crippen MR) is 110 cm³/mol. The fourth-order valence-electron chi connectivity index (χ4n) is 6.34. The molecule has 4 rings (SSSR count). The van der Waals surface area contributed by atoms with E-state index in [0.29, 0.717) is 10.8 Å². The van der Waals surface area contributed by atoms with Gasteiger partial charge in [0.25, 0.3) is 0 Å². The van der Waals surface area contributed by atoms with Crippen molar-refractivity contribution in [1.29, 1.82) is 0 Å². The van der Waals surface area contributed by atoms with Gasteiger partial charge in [-0.15, -0.1) is 6.58 Å². The van der Waals surface area contributed by atoms with Gasteiger partial charge in [-0.1, -0.05) is 56.7 Å². The van der Waals surface area contributed by atoms with Crippen LogP contribution in [0.2, 0.25) is 0 Å². The minimum absolute atomic E-state index is 0.424. The van der Waals surface area contributed by atoms with Gasteiger partial charge in [-0.25, -0.2) is 0 Å². The van der Waals surface area contributed by atoms with Crippen LogP contribution in [0.3, 0.4) is 0 Å². The summed E-state index contributed by atoms with van der Waals surface area (Å²) in [5.74, 6) is 3.58. The third-order valence-electron chi connectivity index (χ3n) is 8.11. The van der Waals surface area contributed by atoms with Gasteiger partial charge in [0, 0.05) is 0 Å². The number of hydrogen-bond acceptors (Lipinski definition) is 0. The molecule has 0 aromatic heterocycles. The van der Waals surface area contributed by atoms with Crippen LogP contribution in [0, 0.1) is 34.5 Å². The first-order valence-corrected chi connectivity index (χ1v) is 10.4. The molecule has 0 aromatic carbocycles. The molecule has 0 radical (unpaired) electrons. The van der Waals surface area contributed by atoms with Crippen LogP contribution >= 0.6 is 0 Å². The van der Waals surface area contributed by atoms with E-state index in [1.54, 1.807) is 5.57 Å². The molecule has 0 nitrogen and oxygen atoms in total. The van der Waals surface area contributed by atoms with Crippen LogP contribution in [0.25, 0.3) is 0 Å². The van der Waals surface area contributed by atoms with Crippen molar-refractivity contribution < 1.29 is 0 Å². The number of hydrogen-bond donors (Lipinski definition) is 0. The molecule has 25 heavy (non-hydrogen) atoms. The lowest BCUT2D eigenvalue weighted by molar-refractivity contribution is -0.0103. The van der Waals surface area contributed by atoms with Crippen molar-refractivity contribution >= 4 is 0 Å². The van der Waals surface area contributed by atoms with Gasteiger partial charge in [0.05, 0.1) is 0 Å². The molecule has 6 unspecified atom stereocenters. The molecule has 0 saturated heterocycles. The summed E-state index contributed by atoms with van der Waals surface area (Å²) >= 11 is 0. The summed E-state index contributed by atoms with van der Waals surface area (Å²) in [4.78, 5) is 0. The molecule has 0 amide bonds. The second-order valence-electron chi connectivity index (χ2n) is 10.1. The summed E-state index contributed by atoms with van der Waals surface area (Å²) in [5.41, 5.74) is 5.12. The highest BCUT2D eigenvalue weighted by Crippen LogP contribution is 2.65. The van der Waals surface area contributed by atoms with E-state index >= 15 is 0 Å². The topological polar surface area (TPSA) is 0 Å². The monoisotopic (exact) mass is 338 g/mol. The van der Waals surface area contributed by atoms with E-state index in [1.807, 2.05) is 13.8 Å². The maximum absolute atomic E-state index is 4.20. The van der Waals surface area contributed by atoms with E-state index in [2.05, 4.69) is 52.2 Å². The average Bonchev–Trinajstić information content (AvgIpc) is 2.83. The van der Waals surface area contributed by atoms with E-state index in [4.69, 9.17) is 0 Å². The lowest BCUT2D eigenvalue weighted by Crippen LogP contribution is -2.48. The van der Waals surface area contributed by atoms with Crippen molar-refractivity contribution in [1.82, 2.24) is 0 Å². The molecule has 2 fully saturated rings. The second-order valence-corrected chi connectivity index (χ2v) is 10.1.